The lowest BCUT2D eigenvalue weighted by molar-refractivity contribution is -0.143. The monoisotopic (exact) mass is 518 g/mol. The van der Waals surface area contributed by atoms with Crippen molar-refractivity contribution in [2.75, 3.05) is 6.54 Å². The molecule has 1 saturated carbocycles. The minimum Gasteiger partial charge on any atom is -0.465 e. The van der Waals surface area contributed by atoms with Crippen molar-refractivity contribution in [2.45, 2.75) is 109 Å². The molecule has 0 aromatic carbocycles. The van der Waals surface area contributed by atoms with E-state index in [1.807, 2.05) is 0 Å². The number of carboxylic acid groups (broad SMARTS) is 1. The Morgan fingerprint density at radius 3 is 2.14 bits per heavy atom. The smallest absolute Gasteiger partial charge is 0.405 e. The molecular formula is C24H40F2N4O6. The van der Waals surface area contributed by atoms with E-state index in [0.29, 0.717) is 13.3 Å². The van der Waals surface area contributed by atoms with Gasteiger partial charge < -0.3 is 31.5 Å². The molecule has 1 heterocycles. The van der Waals surface area contributed by atoms with Crippen LogP contribution >= 0.6 is 0 Å². The number of likely N-dealkylation sites (tertiary alicyclic amines) is 1. The van der Waals surface area contributed by atoms with Crippen LogP contribution in [-0.4, -0.2) is 75.6 Å². The molecule has 1 saturated heterocycles. The maximum Gasteiger partial charge on any atom is 0.405 e. The number of nitrogens with two attached hydrogens (primary N) is 1. The van der Waals surface area contributed by atoms with E-state index in [1.54, 1.807) is 20.8 Å². The van der Waals surface area contributed by atoms with Gasteiger partial charge in [0.2, 0.25) is 23.6 Å². The van der Waals surface area contributed by atoms with Crippen LogP contribution in [0.2, 0.25) is 0 Å². The van der Waals surface area contributed by atoms with Gasteiger partial charge in [-0.3, -0.25) is 14.4 Å². The van der Waals surface area contributed by atoms with Gasteiger partial charge in [-0.2, -0.15) is 0 Å². The van der Waals surface area contributed by atoms with Crippen molar-refractivity contribution >= 4 is 23.8 Å². The summed E-state index contributed by atoms with van der Waals surface area (Å²) in [5, 5.41) is 24.3. The molecule has 1 aliphatic heterocycles. The predicted molar refractivity (Wildman–Crippen MR) is 127 cm³/mol. The quantitative estimate of drug-likeness (QED) is 0.313. The third-order valence-corrected chi connectivity index (χ3v) is 7.28. The molecule has 4 atom stereocenters. The summed E-state index contributed by atoms with van der Waals surface area (Å²) in [6, 6.07) is -3.51. The molecule has 1 unspecified atom stereocenters. The Morgan fingerprint density at radius 1 is 1.08 bits per heavy atom. The summed E-state index contributed by atoms with van der Waals surface area (Å²) < 4.78 is 27.0. The number of hydrogen-bond donors (Lipinski definition) is 5. The zero-order valence-electron chi connectivity index (χ0n) is 21.5. The number of alkyl halides is 2. The van der Waals surface area contributed by atoms with E-state index < -0.39 is 72.2 Å². The maximum atomic E-state index is 13.7. The molecule has 1 aliphatic carbocycles. The predicted octanol–water partition coefficient (Wildman–Crippen LogP) is 1.99. The average molecular weight is 519 g/mol. The molecule has 12 heteroatoms. The van der Waals surface area contributed by atoms with E-state index >= 15 is 0 Å². The van der Waals surface area contributed by atoms with Gasteiger partial charge in [0.25, 0.3) is 0 Å². The Balaban J connectivity index is 2.35. The molecule has 2 fully saturated rings. The van der Waals surface area contributed by atoms with Crippen LogP contribution in [0.5, 0.6) is 0 Å². The fraction of sp³-hybridized carbons (Fsp3) is 0.833. The molecule has 206 valence electrons. The molecule has 2 rings (SSSR count). The van der Waals surface area contributed by atoms with Gasteiger partial charge >= 0.3 is 6.09 Å². The van der Waals surface area contributed by atoms with E-state index in [2.05, 4.69) is 10.6 Å². The van der Waals surface area contributed by atoms with Gasteiger partial charge in [0.05, 0.1) is 6.04 Å². The van der Waals surface area contributed by atoms with Crippen LogP contribution < -0.4 is 16.4 Å². The van der Waals surface area contributed by atoms with E-state index in [9.17, 15) is 38.2 Å². The van der Waals surface area contributed by atoms with Crippen molar-refractivity contribution in [1.29, 1.82) is 0 Å². The molecule has 4 amide bonds. The first-order valence-corrected chi connectivity index (χ1v) is 12.4. The fourth-order valence-corrected chi connectivity index (χ4v) is 5.32. The van der Waals surface area contributed by atoms with Crippen molar-refractivity contribution in [3.8, 4) is 0 Å². The summed E-state index contributed by atoms with van der Waals surface area (Å²) >= 11 is 0. The normalized spacial score (nSPS) is 22.5. The number of carbonyl (C=O) groups is 4. The van der Waals surface area contributed by atoms with Crippen LogP contribution in [0.4, 0.5) is 13.6 Å². The number of primary amides is 1. The first-order valence-electron chi connectivity index (χ1n) is 12.4. The van der Waals surface area contributed by atoms with Gasteiger partial charge in [-0.05, 0) is 43.4 Å². The van der Waals surface area contributed by atoms with Crippen LogP contribution in [0, 0.1) is 10.8 Å². The second-order valence-electron chi connectivity index (χ2n) is 11.6. The van der Waals surface area contributed by atoms with Gasteiger partial charge in [-0.25, -0.2) is 13.6 Å². The topological polar surface area (TPSA) is 162 Å². The standard InChI is InChI=1S/C24H40F2N4O6/c1-22(2,3)17(29-21(35)36)20(34)30-13-24(9-6-5-7-10-24)12-15(30)19(33)28-14(16(31)18(27)32)8-11-23(4,25)26/h14-17,29,31H,5-13H2,1-4H3,(H2,27,32)(H,28,33)(H,35,36)/t14-,15-,16?,17+/m0/s1. The Kier molecular flexibility index (Phi) is 9.30. The first kappa shape index (κ1) is 29.7. The minimum absolute atomic E-state index is 0.258. The van der Waals surface area contributed by atoms with Crippen LogP contribution in [0.1, 0.15) is 79.1 Å². The van der Waals surface area contributed by atoms with Gasteiger partial charge in [0.15, 0.2) is 6.10 Å². The fourth-order valence-electron chi connectivity index (χ4n) is 5.32. The molecule has 2 aliphatic rings. The number of hydrogen-bond acceptors (Lipinski definition) is 5. The summed E-state index contributed by atoms with van der Waals surface area (Å²) in [5.74, 6) is -5.51. The van der Waals surface area contributed by atoms with Crippen molar-refractivity contribution in [2.24, 2.45) is 16.6 Å². The summed E-state index contributed by atoms with van der Waals surface area (Å²) in [7, 11) is 0. The second-order valence-corrected chi connectivity index (χ2v) is 11.6. The molecule has 0 radical (unpaired) electrons. The van der Waals surface area contributed by atoms with E-state index in [4.69, 9.17) is 5.73 Å². The van der Waals surface area contributed by atoms with E-state index in [1.165, 1.54) is 4.90 Å². The number of aliphatic hydroxyl groups is 1. The number of carbonyl (C=O) groups excluding carboxylic acids is 3. The Labute approximate surface area is 210 Å². The summed E-state index contributed by atoms with van der Waals surface area (Å²) in [6.45, 7) is 6.06. The van der Waals surface area contributed by atoms with Crippen molar-refractivity contribution < 1.29 is 38.2 Å². The second kappa shape index (κ2) is 11.3. The summed E-state index contributed by atoms with van der Waals surface area (Å²) in [5.41, 5.74) is 4.05. The van der Waals surface area contributed by atoms with Gasteiger partial charge in [0, 0.05) is 13.0 Å². The van der Waals surface area contributed by atoms with Gasteiger partial charge in [-0.15, -0.1) is 0 Å². The molecular weight excluding hydrogens is 478 g/mol. The van der Waals surface area contributed by atoms with Crippen molar-refractivity contribution in [3.05, 3.63) is 0 Å². The maximum absolute atomic E-state index is 13.7. The first-order chi connectivity index (χ1) is 16.5. The highest BCUT2D eigenvalue weighted by atomic mass is 19.3. The third-order valence-electron chi connectivity index (χ3n) is 7.28. The Hall–Kier alpha value is -2.50. The SMILES string of the molecule is CC(F)(F)CC[C@H](NC(=O)[C@@H]1CC2(CCCCC2)CN1C(=O)[C@@H](NC(=O)O)C(C)(C)C)C(O)C(N)=O. The molecule has 36 heavy (non-hydrogen) atoms. The number of nitrogens with one attached hydrogen (secondary N) is 2. The number of halogens is 2. The number of nitrogens with zero attached hydrogens (tertiary/aromatic N) is 1. The van der Waals surface area contributed by atoms with Crippen molar-refractivity contribution in [3.63, 3.8) is 0 Å². The largest absolute Gasteiger partial charge is 0.465 e. The van der Waals surface area contributed by atoms with Crippen LogP contribution in [0.15, 0.2) is 0 Å². The highest BCUT2D eigenvalue weighted by Crippen LogP contribution is 2.47. The average Bonchev–Trinajstić information content (AvgIpc) is 3.11. The number of rotatable bonds is 9. The lowest BCUT2D eigenvalue weighted by atomic mass is 9.72. The molecule has 1 spiro atoms. The molecule has 0 aromatic rings. The summed E-state index contributed by atoms with van der Waals surface area (Å²) in [6.07, 6.45) is 0.438. The number of aliphatic hydroxyl groups excluding tert-OH is 1. The Bertz CT molecular complexity index is 835. The van der Waals surface area contributed by atoms with Crippen LogP contribution in [-0.2, 0) is 14.4 Å². The molecule has 0 aromatic heterocycles. The van der Waals surface area contributed by atoms with Gasteiger partial charge in [-0.1, -0.05) is 40.0 Å². The van der Waals surface area contributed by atoms with Crippen molar-refractivity contribution in [1.82, 2.24) is 15.5 Å². The molecule has 10 nitrogen and oxygen atoms in total. The third kappa shape index (κ3) is 7.75. The lowest BCUT2D eigenvalue weighted by Crippen LogP contribution is -2.59. The molecule has 6 N–H and O–H groups in total. The Morgan fingerprint density at radius 2 is 1.67 bits per heavy atom. The number of amides is 4. The minimum atomic E-state index is -3.09. The lowest BCUT2D eigenvalue weighted by Gasteiger charge is -2.36. The van der Waals surface area contributed by atoms with Gasteiger partial charge in [0.1, 0.15) is 12.1 Å². The highest BCUT2D eigenvalue weighted by Gasteiger charge is 2.51. The summed E-state index contributed by atoms with van der Waals surface area (Å²) in [4.78, 5) is 51.5. The van der Waals surface area contributed by atoms with E-state index in [0.717, 1.165) is 32.1 Å². The highest BCUT2D eigenvalue weighted by molar-refractivity contribution is 5.93. The van der Waals surface area contributed by atoms with Crippen LogP contribution in [0.25, 0.3) is 0 Å². The van der Waals surface area contributed by atoms with E-state index in [-0.39, 0.29) is 12.0 Å². The van der Waals surface area contributed by atoms with Crippen LogP contribution in [0.3, 0.4) is 0 Å². The zero-order valence-corrected chi connectivity index (χ0v) is 21.5. The zero-order chi connectivity index (χ0) is 27.5. The molecule has 0 bridgehead atoms.